The molecule has 0 saturated carbocycles. The van der Waals surface area contributed by atoms with E-state index in [1.807, 2.05) is 0 Å². The van der Waals surface area contributed by atoms with Crippen molar-refractivity contribution in [1.29, 1.82) is 0 Å². The maximum Gasteiger partial charge on any atom is 0.162 e. The lowest BCUT2D eigenvalue weighted by Crippen LogP contribution is -2.06. The topological polar surface area (TPSA) is 37.3 Å². The van der Waals surface area contributed by atoms with Crippen LogP contribution in [0.4, 0.5) is 0 Å². The fourth-order valence-corrected chi connectivity index (χ4v) is 1.37. The van der Waals surface area contributed by atoms with Gasteiger partial charge in [0.05, 0.1) is 0 Å². The number of carbonyl (C=O) groups excluding carboxylic acids is 1. The summed E-state index contributed by atoms with van der Waals surface area (Å²) < 4.78 is 0. The molecule has 1 aliphatic rings. The van der Waals surface area contributed by atoms with Gasteiger partial charge in [0.2, 0.25) is 0 Å². The lowest BCUT2D eigenvalue weighted by Gasteiger charge is -2.10. The Balaban J connectivity index is 2.35. The summed E-state index contributed by atoms with van der Waals surface area (Å²) in [6, 6.07) is 0. The van der Waals surface area contributed by atoms with Gasteiger partial charge in [0.25, 0.3) is 0 Å². The van der Waals surface area contributed by atoms with Gasteiger partial charge >= 0.3 is 0 Å². The van der Waals surface area contributed by atoms with Crippen LogP contribution in [-0.2, 0) is 4.79 Å². The van der Waals surface area contributed by atoms with Crippen molar-refractivity contribution < 1.29 is 9.90 Å². The van der Waals surface area contributed by atoms with Gasteiger partial charge in [-0.3, -0.25) is 4.79 Å². The van der Waals surface area contributed by atoms with E-state index in [1.165, 1.54) is 18.4 Å². The smallest absolute Gasteiger partial charge is 0.162 e. The maximum atomic E-state index is 10.8. The van der Waals surface area contributed by atoms with Crippen molar-refractivity contribution in [3.63, 3.8) is 0 Å². The van der Waals surface area contributed by atoms with E-state index in [0.29, 0.717) is 6.42 Å². The Morgan fingerprint density at radius 2 is 2.36 bits per heavy atom. The molecule has 0 fully saturated rings. The van der Waals surface area contributed by atoms with E-state index in [-0.39, 0.29) is 12.4 Å². The lowest BCUT2D eigenvalue weighted by molar-refractivity contribution is -0.121. The van der Waals surface area contributed by atoms with Crippen molar-refractivity contribution in [3.8, 4) is 0 Å². The highest BCUT2D eigenvalue weighted by Crippen LogP contribution is 2.19. The summed E-state index contributed by atoms with van der Waals surface area (Å²) in [7, 11) is 0. The zero-order valence-electron chi connectivity index (χ0n) is 6.68. The molecule has 0 atom stereocenters. The number of carbonyl (C=O) groups is 1. The quantitative estimate of drug-likeness (QED) is 0.624. The second-order valence-electron chi connectivity index (χ2n) is 2.98. The molecule has 0 aliphatic heterocycles. The molecule has 2 nitrogen and oxygen atoms in total. The summed E-state index contributed by atoms with van der Waals surface area (Å²) in [5.41, 5.74) is 1.22. The molecule has 0 radical (unpaired) electrons. The molecule has 1 N–H and O–H groups in total. The second kappa shape index (κ2) is 4.29. The number of hydrogen-bond acceptors (Lipinski definition) is 2. The van der Waals surface area contributed by atoms with Crippen molar-refractivity contribution >= 4 is 5.78 Å². The summed E-state index contributed by atoms with van der Waals surface area (Å²) in [4.78, 5) is 10.8. The Labute approximate surface area is 66.9 Å². The minimum Gasteiger partial charge on any atom is -0.389 e. The number of Topliss-reactive ketones (excluding diaryl/α,β-unsaturated/α-hetero) is 1. The predicted molar refractivity (Wildman–Crippen MR) is 43.3 cm³/mol. The third kappa shape index (κ3) is 2.85. The monoisotopic (exact) mass is 154 g/mol. The number of allylic oxidation sites excluding steroid dienone is 2. The van der Waals surface area contributed by atoms with Crippen LogP contribution in [-0.4, -0.2) is 17.5 Å². The first-order chi connectivity index (χ1) is 5.33. The molecule has 0 aromatic carbocycles. The lowest BCUT2D eigenvalue weighted by atomic mass is 9.96. The van der Waals surface area contributed by atoms with Gasteiger partial charge in [-0.2, -0.15) is 0 Å². The molecule has 0 heterocycles. The van der Waals surface area contributed by atoms with Gasteiger partial charge in [-0.25, -0.2) is 0 Å². The minimum atomic E-state index is -0.308. The van der Waals surface area contributed by atoms with Gasteiger partial charge in [-0.15, -0.1) is 0 Å². The Morgan fingerprint density at radius 3 is 2.91 bits per heavy atom. The average Bonchev–Trinajstić information content (AvgIpc) is 2.06. The summed E-state index contributed by atoms with van der Waals surface area (Å²) in [5, 5.41) is 8.49. The highest BCUT2D eigenvalue weighted by atomic mass is 16.3. The standard InChI is InChI=1S/C9H14O2/c10-7-9(11)6-8-4-2-1-3-5-8/h4,10H,1-3,5-7H2. The number of aliphatic hydroxyl groups excluding tert-OH is 1. The van der Waals surface area contributed by atoms with Crippen molar-refractivity contribution in [2.75, 3.05) is 6.61 Å². The van der Waals surface area contributed by atoms with Crippen molar-refractivity contribution in [3.05, 3.63) is 11.6 Å². The van der Waals surface area contributed by atoms with E-state index < -0.39 is 0 Å². The van der Waals surface area contributed by atoms with E-state index in [1.54, 1.807) is 0 Å². The molecule has 11 heavy (non-hydrogen) atoms. The molecular weight excluding hydrogens is 140 g/mol. The molecule has 0 aromatic rings. The van der Waals surface area contributed by atoms with Gasteiger partial charge in [-0.05, 0) is 25.7 Å². The van der Waals surface area contributed by atoms with Crippen LogP contribution in [0.15, 0.2) is 11.6 Å². The molecule has 0 amide bonds. The molecule has 0 bridgehead atoms. The normalized spacial score (nSPS) is 17.7. The van der Waals surface area contributed by atoms with Crippen LogP contribution in [0.25, 0.3) is 0 Å². The van der Waals surface area contributed by atoms with Crippen LogP contribution in [0.3, 0.4) is 0 Å². The van der Waals surface area contributed by atoms with Crippen molar-refractivity contribution in [2.24, 2.45) is 0 Å². The van der Waals surface area contributed by atoms with E-state index in [0.717, 1.165) is 12.8 Å². The molecule has 1 rings (SSSR count). The van der Waals surface area contributed by atoms with Crippen LogP contribution in [0, 0.1) is 0 Å². The van der Waals surface area contributed by atoms with Gasteiger partial charge in [0.15, 0.2) is 5.78 Å². The fraction of sp³-hybridized carbons (Fsp3) is 0.667. The summed E-state index contributed by atoms with van der Waals surface area (Å²) in [6.07, 6.45) is 7.20. The molecule has 2 heteroatoms. The minimum absolute atomic E-state index is 0.0573. The number of rotatable bonds is 3. The fourth-order valence-electron chi connectivity index (χ4n) is 1.37. The third-order valence-electron chi connectivity index (χ3n) is 1.99. The first kappa shape index (κ1) is 8.47. The number of hydrogen-bond donors (Lipinski definition) is 1. The molecule has 0 unspecified atom stereocenters. The molecular formula is C9H14O2. The highest BCUT2D eigenvalue weighted by Gasteiger charge is 2.07. The first-order valence-electron chi connectivity index (χ1n) is 4.13. The summed E-state index contributed by atoms with van der Waals surface area (Å²) >= 11 is 0. The van der Waals surface area contributed by atoms with Crippen LogP contribution < -0.4 is 0 Å². The van der Waals surface area contributed by atoms with E-state index >= 15 is 0 Å². The molecule has 62 valence electrons. The third-order valence-corrected chi connectivity index (χ3v) is 1.99. The first-order valence-corrected chi connectivity index (χ1v) is 4.13. The number of ketones is 1. The molecule has 0 spiro atoms. The zero-order chi connectivity index (χ0) is 8.10. The SMILES string of the molecule is O=C(CO)CC1=CCCCC1. The van der Waals surface area contributed by atoms with Crippen molar-refractivity contribution in [1.82, 2.24) is 0 Å². The summed E-state index contributed by atoms with van der Waals surface area (Å²) in [6.45, 7) is -0.308. The highest BCUT2D eigenvalue weighted by molar-refractivity contribution is 5.81. The van der Waals surface area contributed by atoms with Crippen molar-refractivity contribution in [2.45, 2.75) is 32.1 Å². The molecule has 0 saturated heterocycles. The van der Waals surface area contributed by atoms with E-state index in [4.69, 9.17) is 5.11 Å². The zero-order valence-corrected chi connectivity index (χ0v) is 6.68. The van der Waals surface area contributed by atoms with Gasteiger partial charge < -0.3 is 5.11 Å². The van der Waals surface area contributed by atoms with Crippen LogP contribution in [0.2, 0.25) is 0 Å². The molecule has 1 aliphatic carbocycles. The predicted octanol–water partition coefficient (Wildman–Crippen LogP) is 1.44. The van der Waals surface area contributed by atoms with Crippen LogP contribution >= 0.6 is 0 Å². The Morgan fingerprint density at radius 1 is 1.55 bits per heavy atom. The average molecular weight is 154 g/mol. The molecule has 0 aromatic heterocycles. The second-order valence-corrected chi connectivity index (χ2v) is 2.98. The summed E-state index contributed by atoms with van der Waals surface area (Å²) in [5.74, 6) is -0.0573. The van der Waals surface area contributed by atoms with Gasteiger partial charge in [0, 0.05) is 6.42 Å². The number of aliphatic hydroxyl groups is 1. The Bertz CT molecular complexity index is 170. The van der Waals surface area contributed by atoms with E-state index in [9.17, 15) is 4.79 Å². The van der Waals surface area contributed by atoms with Crippen LogP contribution in [0.1, 0.15) is 32.1 Å². The van der Waals surface area contributed by atoms with E-state index in [2.05, 4.69) is 6.08 Å². The Hall–Kier alpha value is -0.630. The Kier molecular flexibility index (Phi) is 3.30. The van der Waals surface area contributed by atoms with Crippen LogP contribution in [0.5, 0.6) is 0 Å². The van der Waals surface area contributed by atoms with Gasteiger partial charge in [0.1, 0.15) is 6.61 Å². The maximum absolute atomic E-state index is 10.8. The largest absolute Gasteiger partial charge is 0.389 e. The van der Waals surface area contributed by atoms with Gasteiger partial charge in [-0.1, -0.05) is 11.6 Å².